The number of likely N-dealkylation sites (N-methyl/N-ethyl adjacent to an activating group) is 1. The fraction of sp³-hybridized carbons (Fsp3) is 0.182. The maximum Gasteiger partial charge on any atom is 0.268 e. The Morgan fingerprint density at radius 2 is 1.69 bits per heavy atom. The summed E-state index contributed by atoms with van der Waals surface area (Å²) in [5, 5.41) is 1.87. The van der Waals surface area contributed by atoms with E-state index in [-0.39, 0.29) is 5.75 Å². The molecule has 0 radical (unpaired) electrons. The predicted molar refractivity (Wildman–Crippen MR) is 112 cm³/mol. The van der Waals surface area contributed by atoms with Gasteiger partial charge in [0.15, 0.2) is 0 Å². The van der Waals surface area contributed by atoms with Gasteiger partial charge in [-0.3, -0.25) is 9.59 Å². The van der Waals surface area contributed by atoms with Crippen LogP contribution in [0.2, 0.25) is 0 Å². The molecule has 7 heteroatoms. The van der Waals surface area contributed by atoms with Gasteiger partial charge in [0.05, 0.1) is 11.4 Å². The van der Waals surface area contributed by atoms with Crippen LogP contribution < -0.4 is 4.90 Å². The normalized spacial score (nSPS) is 15.2. The SMILES string of the molecule is CCN(C(=O)CN1C(=O)c2ccccc2CS1(=O)=O)c1cccc2ccccc12. The number of carbonyl (C=O) groups is 2. The zero-order chi connectivity index (χ0) is 20.6. The lowest BCUT2D eigenvalue weighted by Gasteiger charge is -2.30. The van der Waals surface area contributed by atoms with Crippen molar-refractivity contribution in [3.05, 3.63) is 77.9 Å². The van der Waals surface area contributed by atoms with Crippen LogP contribution in [0.4, 0.5) is 5.69 Å². The number of amides is 2. The van der Waals surface area contributed by atoms with E-state index < -0.39 is 28.4 Å². The minimum Gasteiger partial charge on any atom is -0.311 e. The van der Waals surface area contributed by atoms with Crippen molar-refractivity contribution in [2.45, 2.75) is 12.7 Å². The van der Waals surface area contributed by atoms with Gasteiger partial charge >= 0.3 is 0 Å². The van der Waals surface area contributed by atoms with Crippen molar-refractivity contribution in [1.82, 2.24) is 4.31 Å². The van der Waals surface area contributed by atoms with Gasteiger partial charge < -0.3 is 4.90 Å². The number of hydrogen-bond donors (Lipinski definition) is 0. The van der Waals surface area contributed by atoms with Crippen LogP contribution in [0.1, 0.15) is 22.8 Å². The Hall–Kier alpha value is -3.19. The lowest BCUT2D eigenvalue weighted by molar-refractivity contribution is -0.118. The average molecular weight is 408 g/mol. The van der Waals surface area contributed by atoms with Gasteiger partial charge in [0, 0.05) is 17.5 Å². The second kappa shape index (κ2) is 7.33. The molecular weight excluding hydrogens is 388 g/mol. The monoisotopic (exact) mass is 408 g/mol. The molecule has 0 atom stereocenters. The number of sulfonamides is 1. The summed E-state index contributed by atoms with van der Waals surface area (Å²) in [6.45, 7) is 1.65. The maximum atomic E-state index is 13.1. The van der Waals surface area contributed by atoms with E-state index in [9.17, 15) is 18.0 Å². The van der Waals surface area contributed by atoms with E-state index >= 15 is 0 Å². The third-order valence-corrected chi connectivity index (χ3v) is 6.74. The molecule has 0 N–H and O–H groups in total. The predicted octanol–water partition coefficient (Wildman–Crippen LogP) is 3.18. The lowest BCUT2D eigenvalue weighted by Crippen LogP contribution is -2.48. The van der Waals surface area contributed by atoms with Crippen LogP contribution in [0.15, 0.2) is 66.7 Å². The maximum absolute atomic E-state index is 13.1. The number of nitrogens with zero attached hydrogens (tertiary/aromatic N) is 2. The molecule has 0 saturated heterocycles. The highest BCUT2D eigenvalue weighted by atomic mass is 32.2. The Morgan fingerprint density at radius 1 is 1.00 bits per heavy atom. The van der Waals surface area contributed by atoms with Crippen LogP contribution in [0.25, 0.3) is 10.8 Å². The van der Waals surface area contributed by atoms with Crippen molar-refractivity contribution >= 4 is 38.3 Å². The standard InChI is InChI=1S/C22H20N2O4S/c1-2-23(20-13-7-10-16-8-3-5-11-18(16)20)21(25)14-24-22(26)19-12-6-4-9-17(19)15-29(24,27)28/h3-13H,2,14-15H2,1H3. The first-order valence-corrected chi connectivity index (χ1v) is 10.9. The second-order valence-electron chi connectivity index (χ2n) is 6.86. The van der Waals surface area contributed by atoms with Crippen LogP contribution in [0, 0.1) is 0 Å². The van der Waals surface area contributed by atoms with E-state index in [0.29, 0.717) is 27.7 Å². The third-order valence-electron chi connectivity index (χ3n) is 5.10. The van der Waals surface area contributed by atoms with Crippen molar-refractivity contribution in [3.63, 3.8) is 0 Å². The number of hydrogen-bond acceptors (Lipinski definition) is 4. The van der Waals surface area contributed by atoms with E-state index in [4.69, 9.17) is 0 Å². The summed E-state index contributed by atoms with van der Waals surface area (Å²) in [5.74, 6) is -1.39. The summed E-state index contributed by atoms with van der Waals surface area (Å²) < 4.78 is 26.1. The fourth-order valence-electron chi connectivity index (χ4n) is 3.69. The smallest absolute Gasteiger partial charge is 0.268 e. The summed E-state index contributed by atoms with van der Waals surface area (Å²) in [6, 6.07) is 19.9. The highest BCUT2D eigenvalue weighted by Gasteiger charge is 2.37. The molecule has 6 nitrogen and oxygen atoms in total. The molecule has 0 spiro atoms. The first-order chi connectivity index (χ1) is 13.9. The van der Waals surface area contributed by atoms with Crippen LogP contribution in [-0.4, -0.2) is 37.6 Å². The molecule has 0 fully saturated rings. The van der Waals surface area contributed by atoms with Gasteiger partial charge in [-0.1, -0.05) is 54.6 Å². The average Bonchev–Trinajstić information content (AvgIpc) is 2.71. The Balaban J connectivity index is 1.68. The molecule has 1 aliphatic heterocycles. The van der Waals surface area contributed by atoms with Gasteiger partial charge in [-0.25, -0.2) is 12.7 Å². The number of benzene rings is 3. The first kappa shape index (κ1) is 19.1. The molecular formula is C22H20N2O4S. The molecule has 1 aliphatic rings. The van der Waals surface area contributed by atoms with E-state index in [2.05, 4.69) is 0 Å². The van der Waals surface area contributed by atoms with Crippen molar-refractivity contribution in [1.29, 1.82) is 0 Å². The van der Waals surface area contributed by atoms with Crippen LogP contribution >= 0.6 is 0 Å². The molecule has 3 aromatic carbocycles. The molecule has 4 rings (SSSR count). The van der Waals surface area contributed by atoms with Crippen molar-refractivity contribution in [2.75, 3.05) is 18.0 Å². The largest absolute Gasteiger partial charge is 0.311 e. The second-order valence-corrected chi connectivity index (χ2v) is 8.75. The van der Waals surface area contributed by atoms with E-state index in [1.807, 2.05) is 49.4 Å². The topological polar surface area (TPSA) is 74.8 Å². The number of rotatable bonds is 4. The molecule has 0 aliphatic carbocycles. The zero-order valence-electron chi connectivity index (χ0n) is 15.9. The van der Waals surface area contributed by atoms with Gasteiger partial charge in [0.1, 0.15) is 6.54 Å². The minimum absolute atomic E-state index is 0.289. The summed E-state index contributed by atoms with van der Waals surface area (Å²) >= 11 is 0. The van der Waals surface area contributed by atoms with Gasteiger partial charge in [0.25, 0.3) is 5.91 Å². The molecule has 0 bridgehead atoms. The number of fused-ring (bicyclic) bond motifs is 2. The quantitative estimate of drug-likeness (QED) is 0.665. The summed E-state index contributed by atoms with van der Waals surface area (Å²) in [5.41, 5.74) is 1.48. The van der Waals surface area contributed by atoms with Gasteiger partial charge in [0.2, 0.25) is 15.9 Å². The van der Waals surface area contributed by atoms with Crippen LogP contribution in [0.5, 0.6) is 0 Å². The summed E-state index contributed by atoms with van der Waals surface area (Å²) in [7, 11) is -3.91. The summed E-state index contributed by atoms with van der Waals surface area (Å²) in [6.07, 6.45) is 0. The lowest BCUT2D eigenvalue weighted by atomic mass is 10.1. The van der Waals surface area contributed by atoms with E-state index in [1.54, 1.807) is 24.3 Å². The molecule has 148 valence electrons. The summed E-state index contributed by atoms with van der Waals surface area (Å²) in [4.78, 5) is 27.4. The molecule has 29 heavy (non-hydrogen) atoms. The third kappa shape index (κ3) is 3.38. The molecule has 3 aromatic rings. The van der Waals surface area contributed by atoms with E-state index in [1.165, 1.54) is 4.90 Å². The number of carbonyl (C=O) groups excluding carboxylic acids is 2. The molecule has 0 saturated carbocycles. The van der Waals surface area contributed by atoms with Crippen molar-refractivity contribution < 1.29 is 18.0 Å². The van der Waals surface area contributed by atoms with Gasteiger partial charge in [-0.2, -0.15) is 0 Å². The van der Waals surface area contributed by atoms with Gasteiger partial charge in [-0.15, -0.1) is 0 Å². The Morgan fingerprint density at radius 3 is 2.48 bits per heavy atom. The minimum atomic E-state index is -3.91. The van der Waals surface area contributed by atoms with Crippen LogP contribution in [0.3, 0.4) is 0 Å². The highest BCUT2D eigenvalue weighted by molar-refractivity contribution is 7.89. The number of anilines is 1. The van der Waals surface area contributed by atoms with Gasteiger partial charge in [-0.05, 0) is 30.0 Å². The Labute approximate surface area is 169 Å². The Bertz CT molecular complexity index is 1210. The van der Waals surface area contributed by atoms with Crippen molar-refractivity contribution in [3.8, 4) is 0 Å². The molecule has 0 unspecified atom stereocenters. The fourth-order valence-corrected chi connectivity index (χ4v) is 5.15. The van der Waals surface area contributed by atoms with Crippen molar-refractivity contribution in [2.24, 2.45) is 0 Å². The molecule has 1 heterocycles. The first-order valence-electron chi connectivity index (χ1n) is 9.33. The van der Waals surface area contributed by atoms with E-state index in [0.717, 1.165) is 10.8 Å². The zero-order valence-corrected chi connectivity index (χ0v) is 16.7. The molecule has 0 aromatic heterocycles. The van der Waals surface area contributed by atoms with Crippen LogP contribution in [-0.2, 0) is 20.6 Å². The highest BCUT2D eigenvalue weighted by Crippen LogP contribution is 2.28. The molecule has 2 amide bonds. The Kier molecular flexibility index (Phi) is 4.84.